The van der Waals surface area contributed by atoms with Gasteiger partial charge >= 0.3 is 0 Å². The van der Waals surface area contributed by atoms with Crippen molar-refractivity contribution in [1.29, 1.82) is 0 Å². The number of nitrogens with zero attached hydrogens (tertiary/aromatic N) is 2. The maximum atomic E-state index is 6.02. The molecule has 1 heterocycles. The van der Waals surface area contributed by atoms with Gasteiger partial charge in [0.25, 0.3) is 0 Å². The van der Waals surface area contributed by atoms with Crippen molar-refractivity contribution >= 4 is 5.96 Å². The summed E-state index contributed by atoms with van der Waals surface area (Å²) in [5.74, 6) is 1.41. The van der Waals surface area contributed by atoms with Crippen molar-refractivity contribution < 1.29 is 4.74 Å². The van der Waals surface area contributed by atoms with Crippen LogP contribution in [-0.2, 0) is 6.54 Å². The Labute approximate surface area is 139 Å². The molecular formula is C18H30N4O. The van der Waals surface area contributed by atoms with E-state index in [1.807, 2.05) is 6.92 Å². The predicted octanol–water partition coefficient (Wildman–Crippen LogP) is 2.28. The van der Waals surface area contributed by atoms with Crippen LogP contribution in [0, 0.1) is 6.92 Å². The van der Waals surface area contributed by atoms with Crippen LogP contribution in [-0.4, -0.2) is 43.1 Å². The van der Waals surface area contributed by atoms with Gasteiger partial charge in [-0.3, -0.25) is 4.90 Å². The number of hydrogen-bond donors (Lipinski definition) is 2. The van der Waals surface area contributed by atoms with Crippen molar-refractivity contribution in [3.05, 3.63) is 29.3 Å². The van der Waals surface area contributed by atoms with Crippen LogP contribution in [0.2, 0.25) is 0 Å². The van der Waals surface area contributed by atoms with Crippen molar-refractivity contribution in [1.82, 2.24) is 10.2 Å². The number of nitrogens with two attached hydrogens (primary N) is 1. The minimum absolute atomic E-state index is 0.510. The third-order valence-corrected chi connectivity index (χ3v) is 4.37. The molecule has 1 aromatic rings. The molecule has 0 amide bonds. The van der Waals surface area contributed by atoms with E-state index < -0.39 is 0 Å². The van der Waals surface area contributed by atoms with Crippen LogP contribution in [0.5, 0.6) is 5.75 Å². The summed E-state index contributed by atoms with van der Waals surface area (Å²) in [5.41, 5.74) is 8.28. The van der Waals surface area contributed by atoms with Gasteiger partial charge in [0.1, 0.15) is 5.75 Å². The van der Waals surface area contributed by atoms with Crippen molar-refractivity contribution in [2.45, 2.75) is 46.2 Å². The van der Waals surface area contributed by atoms with Crippen molar-refractivity contribution in [3.63, 3.8) is 0 Å². The van der Waals surface area contributed by atoms with Crippen molar-refractivity contribution in [3.8, 4) is 5.75 Å². The molecule has 128 valence electrons. The quantitative estimate of drug-likeness (QED) is 0.598. The van der Waals surface area contributed by atoms with E-state index in [2.05, 4.69) is 47.3 Å². The van der Waals surface area contributed by atoms with Gasteiger partial charge in [0.15, 0.2) is 5.96 Å². The Balaban J connectivity index is 1.89. The maximum Gasteiger partial charge on any atom is 0.188 e. The normalized spacial score (nSPS) is 19.1. The van der Waals surface area contributed by atoms with E-state index in [-0.39, 0.29) is 0 Å². The van der Waals surface area contributed by atoms with Crippen LogP contribution in [0.25, 0.3) is 0 Å². The molecule has 1 unspecified atom stereocenters. The molecule has 3 N–H and O–H groups in total. The van der Waals surface area contributed by atoms with E-state index >= 15 is 0 Å². The second-order valence-corrected chi connectivity index (χ2v) is 6.05. The first-order valence-corrected chi connectivity index (χ1v) is 8.64. The molecule has 5 nitrogen and oxygen atoms in total. The van der Waals surface area contributed by atoms with Crippen LogP contribution in [0.4, 0.5) is 0 Å². The largest absolute Gasteiger partial charge is 0.494 e. The van der Waals surface area contributed by atoms with E-state index in [1.165, 1.54) is 24.9 Å². The number of aryl methyl sites for hydroxylation is 1. The van der Waals surface area contributed by atoms with Crippen LogP contribution in [0.1, 0.15) is 37.8 Å². The van der Waals surface area contributed by atoms with Gasteiger partial charge in [0.2, 0.25) is 0 Å². The summed E-state index contributed by atoms with van der Waals surface area (Å²) < 4.78 is 5.68. The van der Waals surface area contributed by atoms with Gasteiger partial charge in [-0.25, -0.2) is 4.99 Å². The van der Waals surface area contributed by atoms with E-state index in [4.69, 9.17) is 10.5 Å². The van der Waals surface area contributed by atoms with E-state index in [9.17, 15) is 0 Å². The second kappa shape index (κ2) is 8.77. The van der Waals surface area contributed by atoms with Crippen LogP contribution < -0.4 is 15.8 Å². The maximum absolute atomic E-state index is 6.02. The van der Waals surface area contributed by atoms with E-state index in [1.54, 1.807) is 0 Å². The Morgan fingerprint density at radius 1 is 1.43 bits per heavy atom. The number of nitrogens with one attached hydrogen (secondary N) is 1. The van der Waals surface area contributed by atoms with E-state index in [0.29, 0.717) is 25.2 Å². The molecule has 1 saturated heterocycles. The Morgan fingerprint density at radius 3 is 3.00 bits per heavy atom. The van der Waals surface area contributed by atoms with Gasteiger partial charge < -0.3 is 15.8 Å². The number of rotatable bonds is 7. The lowest BCUT2D eigenvalue weighted by atomic mass is 10.1. The zero-order chi connectivity index (χ0) is 16.7. The zero-order valence-electron chi connectivity index (χ0n) is 14.6. The van der Waals surface area contributed by atoms with Gasteiger partial charge in [-0.1, -0.05) is 19.1 Å². The van der Waals surface area contributed by atoms with Gasteiger partial charge in [0, 0.05) is 18.2 Å². The Morgan fingerprint density at radius 2 is 2.26 bits per heavy atom. The highest BCUT2D eigenvalue weighted by Gasteiger charge is 2.22. The van der Waals surface area contributed by atoms with Crippen LogP contribution >= 0.6 is 0 Å². The van der Waals surface area contributed by atoms with E-state index in [0.717, 1.165) is 24.4 Å². The summed E-state index contributed by atoms with van der Waals surface area (Å²) in [6.07, 6.45) is 2.51. The first-order valence-electron chi connectivity index (χ1n) is 8.64. The van der Waals surface area contributed by atoms with Gasteiger partial charge in [-0.15, -0.1) is 0 Å². The highest BCUT2D eigenvalue weighted by Crippen LogP contribution is 2.21. The van der Waals surface area contributed by atoms with Gasteiger partial charge in [-0.05, 0) is 51.4 Å². The predicted molar refractivity (Wildman–Crippen MR) is 95.9 cm³/mol. The standard InChI is InChI=1S/C18H30N4O/c1-4-22-10-6-7-16(22)13-21-18(19)20-12-15-9-8-14(3)11-17(15)23-5-2/h8-9,11,16H,4-7,10,12-13H2,1-3H3,(H3,19,20,21). The fourth-order valence-corrected chi connectivity index (χ4v) is 3.07. The summed E-state index contributed by atoms with van der Waals surface area (Å²) >= 11 is 0. The summed E-state index contributed by atoms with van der Waals surface area (Å²) in [6.45, 7) is 10.6. The molecule has 2 rings (SSSR count). The fraction of sp³-hybridized carbons (Fsp3) is 0.611. The minimum Gasteiger partial charge on any atom is -0.494 e. The summed E-state index contributed by atoms with van der Waals surface area (Å²) in [6, 6.07) is 6.77. The van der Waals surface area contributed by atoms with Gasteiger partial charge in [-0.2, -0.15) is 0 Å². The molecule has 0 saturated carbocycles. The number of guanidine groups is 1. The molecule has 0 bridgehead atoms. The Hall–Kier alpha value is -1.75. The minimum atomic E-state index is 0.510. The lowest BCUT2D eigenvalue weighted by Crippen LogP contribution is -2.42. The SMILES string of the molecule is CCOc1cc(C)ccc1CN=C(N)NCC1CCCN1CC. The molecular weight excluding hydrogens is 288 g/mol. The van der Waals surface area contributed by atoms with Crippen molar-refractivity contribution in [2.75, 3.05) is 26.2 Å². The molecule has 0 aromatic heterocycles. The third-order valence-electron chi connectivity index (χ3n) is 4.37. The first kappa shape index (κ1) is 17.6. The summed E-state index contributed by atoms with van der Waals surface area (Å²) in [7, 11) is 0. The zero-order valence-corrected chi connectivity index (χ0v) is 14.6. The van der Waals surface area contributed by atoms with Crippen LogP contribution in [0.15, 0.2) is 23.2 Å². The number of likely N-dealkylation sites (tertiary alicyclic amines) is 1. The third kappa shape index (κ3) is 5.13. The second-order valence-electron chi connectivity index (χ2n) is 6.05. The molecule has 5 heteroatoms. The number of hydrogen-bond acceptors (Lipinski definition) is 3. The Bertz CT molecular complexity index is 530. The average molecular weight is 318 g/mol. The molecule has 1 aromatic carbocycles. The molecule has 1 fully saturated rings. The molecule has 1 aliphatic heterocycles. The number of likely N-dealkylation sites (N-methyl/N-ethyl adjacent to an activating group) is 1. The highest BCUT2D eigenvalue weighted by atomic mass is 16.5. The first-order chi connectivity index (χ1) is 11.1. The number of aliphatic imine (C=N–C) groups is 1. The lowest BCUT2D eigenvalue weighted by Gasteiger charge is -2.23. The fourth-order valence-electron chi connectivity index (χ4n) is 3.07. The molecule has 1 aliphatic rings. The number of benzene rings is 1. The smallest absolute Gasteiger partial charge is 0.188 e. The van der Waals surface area contributed by atoms with Crippen molar-refractivity contribution in [2.24, 2.45) is 10.7 Å². The average Bonchev–Trinajstić information content (AvgIpc) is 3.00. The molecule has 23 heavy (non-hydrogen) atoms. The molecule has 0 radical (unpaired) electrons. The lowest BCUT2D eigenvalue weighted by molar-refractivity contribution is 0.267. The molecule has 0 spiro atoms. The molecule has 1 atom stereocenters. The monoisotopic (exact) mass is 318 g/mol. The number of ether oxygens (including phenoxy) is 1. The van der Waals surface area contributed by atoms with Gasteiger partial charge in [0.05, 0.1) is 13.2 Å². The van der Waals surface area contributed by atoms with Crippen LogP contribution in [0.3, 0.4) is 0 Å². The summed E-state index contributed by atoms with van der Waals surface area (Å²) in [4.78, 5) is 6.96. The molecule has 0 aliphatic carbocycles. The summed E-state index contributed by atoms with van der Waals surface area (Å²) in [5, 5.41) is 3.27. The highest BCUT2D eigenvalue weighted by molar-refractivity contribution is 5.77. The topological polar surface area (TPSA) is 62.9 Å². The Kier molecular flexibility index (Phi) is 6.71.